The van der Waals surface area contributed by atoms with Gasteiger partial charge >= 0.3 is 5.97 Å². The lowest BCUT2D eigenvalue weighted by atomic mass is 9.74. The first-order valence-electron chi connectivity index (χ1n) is 8.28. The number of esters is 1. The Kier molecular flexibility index (Phi) is 4.11. The quantitative estimate of drug-likeness (QED) is 0.845. The second-order valence-electron chi connectivity index (χ2n) is 7.36. The van der Waals surface area contributed by atoms with Crippen molar-refractivity contribution in [1.29, 1.82) is 0 Å². The van der Waals surface area contributed by atoms with E-state index in [-0.39, 0.29) is 29.8 Å². The van der Waals surface area contributed by atoms with Crippen LogP contribution in [0.4, 0.5) is 11.4 Å². The zero-order chi connectivity index (χ0) is 17.5. The SMILES string of the molecule is COC(=O)CN1c2ccccc2NC2=C(C(=O)CC(C)(C)C2)[C@H]1C. The van der Waals surface area contributed by atoms with Gasteiger partial charge in [0.2, 0.25) is 0 Å². The van der Waals surface area contributed by atoms with Crippen molar-refractivity contribution < 1.29 is 14.3 Å². The predicted molar refractivity (Wildman–Crippen MR) is 93.9 cm³/mol. The Morgan fingerprint density at radius 3 is 2.75 bits per heavy atom. The molecule has 1 atom stereocenters. The molecule has 128 valence electrons. The molecule has 1 N–H and O–H groups in total. The van der Waals surface area contributed by atoms with Gasteiger partial charge in [0.05, 0.1) is 24.5 Å². The predicted octanol–water partition coefficient (Wildman–Crippen LogP) is 3.12. The number of carbonyl (C=O) groups is 2. The smallest absolute Gasteiger partial charge is 0.325 e. The van der Waals surface area contributed by atoms with Crippen LogP contribution in [0.3, 0.4) is 0 Å². The van der Waals surface area contributed by atoms with E-state index in [1.165, 1.54) is 7.11 Å². The van der Waals surface area contributed by atoms with Crippen LogP contribution in [0.2, 0.25) is 0 Å². The van der Waals surface area contributed by atoms with Crippen LogP contribution < -0.4 is 10.2 Å². The van der Waals surface area contributed by atoms with E-state index in [9.17, 15) is 9.59 Å². The summed E-state index contributed by atoms with van der Waals surface area (Å²) >= 11 is 0. The van der Waals surface area contributed by atoms with E-state index in [0.29, 0.717) is 6.42 Å². The van der Waals surface area contributed by atoms with Gasteiger partial charge in [-0.15, -0.1) is 0 Å². The molecule has 0 aromatic heterocycles. The number of ether oxygens (including phenoxy) is 1. The first-order chi connectivity index (χ1) is 11.3. The standard InChI is InChI=1S/C19H24N2O3/c1-12-18-14(9-19(2,3)10-16(18)22)20-13-7-5-6-8-15(13)21(12)11-17(23)24-4/h5-8,12,20H,9-11H2,1-4H3/t12-/m1/s1. The van der Waals surface area contributed by atoms with Gasteiger partial charge in [0.25, 0.3) is 0 Å². The summed E-state index contributed by atoms with van der Waals surface area (Å²) in [7, 11) is 1.38. The van der Waals surface area contributed by atoms with Gasteiger partial charge < -0.3 is 15.0 Å². The van der Waals surface area contributed by atoms with Crippen LogP contribution in [0.25, 0.3) is 0 Å². The number of allylic oxidation sites excluding steroid dienone is 1. The second-order valence-corrected chi connectivity index (χ2v) is 7.36. The van der Waals surface area contributed by atoms with Crippen molar-refractivity contribution in [3.8, 4) is 0 Å². The Labute approximate surface area is 142 Å². The van der Waals surface area contributed by atoms with Crippen molar-refractivity contribution in [2.24, 2.45) is 5.41 Å². The van der Waals surface area contributed by atoms with Crippen LogP contribution in [0, 0.1) is 5.41 Å². The maximum Gasteiger partial charge on any atom is 0.325 e. The minimum Gasteiger partial charge on any atom is -0.468 e. The van der Waals surface area contributed by atoms with Gasteiger partial charge in [-0.2, -0.15) is 0 Å². The van der Waals surface area contributed by atoms with Crippen LogP contribution in [0.1, 0.15) is 33.6 Å². The van der Waals surface area contributed by atoms with Crippen molar-refractivity contribution >= 4 is 23.1 Å². The van der Waals surface area contributed by atoms with Crippen molar-refractivity contribution in [2.75, 3.05) is 23.9 Å². The summed E-state index contributed by atoms with van der Waals surface area (Å²) in [4.78, 5) is 26.7. The van der Waals surface area contributed by atoms with Crippen LogP contribution in [-0.2, 0) is 14.3 Å². The monoisotopic (exact) mass is 328 g/mol. The van der Waals surface area contributed by atoms with Crippen LogP contribution in [0.15, 0.2) is 35.5 Å². The highest BCUT2D eigenvalue weighted by atomic mass is 16.5. The van der Waals surface area contributed by atoms with E-state index in [2.05, 4.69) is 19.2 Å². The van der Waals surface area contributed by atoms with Crippen LogP contribution in [-0.4, -0.2) is 31.4 Å². The number of nitrogens with one attached hydrogen (secondary N) is 1. The third-order valence-corrected chi connectivity index (χ3v) is 4.83. The molecule has 5 heteroatoms. The number of methoxy groups -OCH3 is 1. The lowest BCUT2D eigenvalue weighted by Gasteiger charge is -2.35. The Morgan fingerprint density at radius 2 is 2.04 bits per heavy atom. The third kappa shape index (κ3) is 2.90. The van der Waals surface area contributed by atoms with Gasteiger partial charge in [-0.25, -0.2) is 0 Å². The number of benzene rings is 1. The summed E-state index contributed by atoms with van der Waals surface area (Å²) in [5, 5.41) is 3.46. The zero-order valence-corrected chi connectivity index (χ0v) is 14.7. The first kappa shape index (κ1) is 16.6. The molecule has 0 unspecified atom stereocenters. The van der Waals surface area contributed by atoms with Gasteiger partial charge in [-0.3, -0.25) is 9.59 Å². The van der Waals surface area contributed by atoms with E-state index in [1.807, 2.05) is 36.1 Å². The molecule has 1 aliphatic heterocycles. The molecular formula is C19H24N2O3. The molecule has 1 aromatic carbocycles. The first-order valence-corrected chi connectivity index (χ1v) is 8.28. The van der Waals surface area contributed by atoms with Crippen LogP contribution in [0.5, 0.6) is 0 Å². The maximum atomic E-state index is 12.8. The van der Waals surface area contributed by atoms with Gasteiger partial charge in [0.1, 0.15) is 6.54 Å². The molecule has 3 rings (SSSR count). The zero-order valence-electron chi connectivity index (χ0n) is 14.7. The molecule has 0 bridgehead atoms. The number of para-hydroxylation sites is 2. The summed E-state index contributed by atoms with van der Waals surface area (Å²) < 4.78 is 4.85. The van der Waals surface area contributed by atoms with Crippen molar-refractivity contribution in [1.82, 2.24) is 0 Å². The molecule has 5 nitrogen and oxygen atoms in total. The van der Waals surface area contributed by atoms with E-state index in [4.69, 9.17) is 4.74 Å². The number of hydrogen-bond donors (Lipinski definition) is 1. The van der Waals surface area contributed by atoms with Gasteiger partial charge in [0, 0.05) is 17.7 Å². The molecule has 0 saturated heterocycles. The number of hydrogen-bond acceptors (Lipinski definition) is 5. The highest BCUT2D eigenvalue weighted by molar-refractivity contribution is 6.01. The van der Waals surface area contributed by atoms with Crippen molar-refractivity contribution in [3.05, 3.63) is 35.5 Å². The molecule has 0 saturated carbocycles. The minimum absolute atomic E-state index is 0.0604. The summed E-state index contributed by atoms with van der Waals surface area (Å²) in [6, 6.07) is 7.66. The topological polar surface area (TPSA) is 58.6 Å². The fraction of sp³-hybridized carbons (Fsp3) is 0.474. The Morgan fingerprint density at radius 1 is 1.33 bits per heavy atom. The summed E-state index contributed by atoms with van der Waals surface area (Å²) in [5.74, 6) is -0.159. The molecule has 2 aliphatic rings. The molecule has 24 heavy (non-hydrogen) atoms. The normalized spacial score (nSPS) is 22.2. The summed E-state index contributed by atoms with van der Waals surface area (Å²) in [6.45, 7) is 6.33. The highest BCUT2D eigenvalue weighted by Gasteiger charge is 2.39. The lowest BCUT2D eigenvalue weighted by molar-refractivity contribution is -0.139. The van der Waals surface area contributed by atoms with Crippen molar-refractivity contribution in [2.45, 2.75) is 39.7 Å². The van der Waals surface area contributed by atoms with E-state index >= 15 is 0 Å². The second kappa shape index (κ2) is 5.96. The summed E-state index contributed by atoms with van der Waals surface area (Å²) in [6.07, 6.45) is 1.35. The number of anilines is 2. The molecule has 0 fully saturated rings. The fourth-order valence-electron chi connectivity index (χ4n) is 3.71. The Bertz CT molecular complexity index is 721. The van der Waals surface area contributed by atoms with Crippen molar-refractivity contribution in [3.63, 3.8) is 0 Å². The number of fused-ring (bicyclic) bond motifs is 1. The minimum atomic E-state index is -0.315. The number of ketones is 1. The molecular weight excluding hydrogens is 304 g/mol. The van der Waals surface area contributed by atoms with E-state index in [1.54, 1.807) is 0 Å². The van der Waals surface area contributed by atoms with E-state index < -0.39 is 0 Å². The lowest BCUT2D eigenvalue weighted by Crippen LogP contribution is -2.42. The maximum absolute atomic E-state index is 12.8. The van der Waals surface area contributed by atoms with Gasteiger partial charge in [-0.05, 0) is 30.9 Å². The molecule has 0 amide bonds. The number of carbonyl (C=O) groups excluding carboxylic acids is 2. The largest absolute Gasteiger partial charge is 0.468 e. The van der Waals surface area contributed by atoms with Gasteiger partial charge in [0.15, 0.2) is 5.78 Å². The molecule has 0 spiro atoms. The molecule has 0 radical (unpaired) electrons. The third-order valence-electron chi connectivity index (χ3n) is 4.83. The Hall–Kier alpha value is -2.30. The molecule has 1 aromatic rings. The van der Waals surface area contributed by atoms with Gasteiger partial charge in [-0.1, -0.05) is 26.0 Å². The molecule has 1 heterocycles. The van der Waals surface area contributed by atoms with E-state index in [0.717, 1.165) is 29.1 Å². The highest BCUT2D eigenvalue weighted by Crippen LogP contribution is 2.43. The average molecular weight is 328 g/mol. The number of rotatable bonds is 2. The number of nitrogens with zero attached hydrogens (tertiary/aromatic N) is 1. The summed E-state index contributed by atoms with van der Waals surface area (Å²) in [5.41, 5.74) is 3.53. The number of Topliss-reactive ketones (excluding diaryl/α,β-unsaturated/α-hetero) is 1. The fourth-order valence-corrected chi connectivity index (χ4v) is 3.71. The molecule has 1 aliphatic carbocycles. The van der Waals surface area contributed by atoms with Crippen LogP contribution >= 0.6 is 0 Å². The average Bonchev–Trinajstić information content (AvgIpc) is 2.61. The Balaban J connectivity index is 2.10.